The van der Waals surface area contributed by atoms with Gasteiger partial charge in [-0.3, -0.25) is 0 Å². The molecule has 186 valence electrons. The first kappa shape index (κ1) is 26.0. The molecule has 0 aromatic heterocycles. The predicted octanol–water partition coefficient (Wildman–Crippen LogP) is 4.92. The Labute approximate surface area is 205 Å². The van der Waals surface area contributed by atoms with Crippen molar-refractivity contribution in [2.75, 3.05) is 16.4 Å². The number of carbonyl (C=O) groups is 1. The van der Waals surface area contributed by atoms with Crippen LogP contribution in [0.5, 0.6) is 11.5 Å². The van der Waals surface area contributed by atoms with Gasteiger partial charge in [0, 0.05) is 11.4 Å². The van der Waals surface area contributed by atoms with Crippen LogP contribution >= 0.6 is 0 Å². The molecule has 0 aliphatic rings. The van der Waals surface area contributed by atoms with Crippen molar-refractivity contribution in [2.45, 2.75) is 31.6 Å². The van der Waals surface area contributed by atoms with E-state index in [1.54, 1.807) is 12.1 Å². The van der Waals surface area contributed by atoms with E-state index in [-0.39, 0.29) is 22.1 Å². The molecule has 0 radical (unpaired) electrons. The predicted molar refractivity (Wildman–Crippen MR) is 134 cm³/mol. The highest BCUT2D eigenvalue weighted by atomic mass is 32.2. The van der Waals surface area contributed by atoms with Crippen LogP contribution in [0.2, 0.25) is 0 Å². The number of carbonyl (C=O) groups excluding carboxylic acids is 1. The van der Waals surface area contributed by atoms with Crippen LogP contribution in [0.1, 0.15) is 25.3 Å². The molecular weight excluding hydrogens is 492 g/mol. The summed E-state index contributed by atoms with van der Waals surface area (Å²) >= 11 is 0. The van der Waals surface area contributed by atoms with Crippen molar-refractivity contribution < 1.29 is 30.0 Å². The molecule has 35 heavy (non-hydrogen) atoms. The number of amides is 2. The van der Waals surface area contributed by atoms with Crippen LogP contribution < -0.4 is 19.0 Å². The molecule has 2 N–H and O–H groups in total. The number of hydrogen-bond acceptors (Lipinski definition) is 7. The van der Waals surface area contributed by atoms with E-state index in [2.05, 4.69) is 10.6 Å². The molecule has 0 aliphatic heterocycles. The molecule has 11 heteroatoms. The molecule has 9 nitrogen and oxygen atoms in total. The Morgan fingerprint density at radius 1 is 0.743 bits per heavy atom. The van der Waals surface area contributed by atoms with Gasteiger partial charge < -0.3 is 19.0 Å². The summed E-state index contributed by atoms with van der Waals surface area (Å²) in [5, 5.41) is 5.22. The van der Waals surface area contributed by atoms with Crippen molar-refractivity contribution in [1.29, 1.82) is 0 Å². The van der Waals surface area contributed by atoms with Crippen molar-refractivity contribution in [1.82, 2.24) is 0 Å². The van der Waals surface area contributed by atoms with Crippen LogP contribution in [0.3, 0.4) is 0 Å². The number of benzene rings is 3. The van der Waals surface area contributed by atoms with E-state index in [0.29, 0.717) is 17.8 Å². The third-order valence-corrected chi connectivity index (χ3v) is 7.21. The molecule has 0 fully saturated rings. The van der Waals surface area contributed by atoms with Crippen LogP contribution in [0.25, 0.3) is 0 Å². The number of aryl methyl sites for hydroxylation is 1. The summed E-state index contributed by atoms with van der Waals surface area (Å²) in [5.74, 6) is 0.192. The second kappa shape index (κ2) is 11.2. The Balaban J connectivity index is 1.54. The molecule has 0 atom stereocenters. The lowest BCUT2D eigenvalue weighted by atomic mass is 10.2. The zero-order valence-electron chi connectivity index (χ0n) is 19.2. The second-order valence-corrected chi connectivity index (χ2v) is 10.9. The Hall–Kier alpha value is -3.57. The topological polar surface area (TPSA) is 128 Å². The highest BCUT2D eigenvalue weighted by molar-refractivity contribution is 7.87. The highest BCUT2D eigenvalue weighted by Crippen LogP contribution is 2.22. The van der Waals surface area contributed by atoms with Gasteiger partial charge in [-0.2, -0.15) is 16.8 Å². The van der Waals surface area contributed by atoms with Gasteiger partial charge in [0.15, 0.2) is 0 Å². The Morgan fingerprint density at radius 3 is 1.71 bits per heavy atom. The average molecular weight is 519 g/mol. The number of nitrogens with one attached hydrogen (secondary N) is 2. The molecule has 0 spiro atoms. The van der Waals surface area contributed by atoms with Gasteiger partial charge in [-0.1, -0.05) is 31.0 Å². The minimum Gasteiger partial charge on any atom is -0.382 e. The van der Waals surface area contributed by atoms with Crippen molar-refractivity contribution in [3.63, 3.8) is 0 Å². The summed E-state index contributed by atoms with van der Waals surface area (Å²) in [7, 11) is -7.63. The van der Waals surface area contributed by atoms with Gasteiger partial charge in [0.05, 0.1) is 5.75 Å². The monoisotopic (exact) mass is 518 g/mol. The quantitative estimate of drug-likeness (QED) is 0.365. The number of urea groups is 1. The van der Waals surface area contributed by atoms with Gasteiger partial charge in [0.25, 0.3) is 0 Å². The fourth-order valence-electron chi connectivity index (χ4n) is 2.87. The lowest BCUT2D eigenvalue weighted by molar-refractivity contribution is 0.262. The van der Waals surface area contributed by atoms with Gasteiger partial charge >= 0.3 is 26.3 Å². The maximum Gasteiger partial charge on any atom is 0.339 e. The van der Waals surface area contributed by atoms with E-state index in [9.17, 15) is 21.6 Å². The fourth-order valence-corrected chi connectivity index (χ4v) is 4.93. The standard InChI is InChI=1S/C24H26N2O7S2/c1-3-4-17-34(28,29)32-21-11-7-19(8-12-21)25-24(27)26-20-9-13-22(14-10-20)33-35(30,31)23-15-5-18(2)6-16-23/h5-16H,3-4,17H2,1-2H3,(H2,25,26,27). The summed E-state index contributed by atoms with van der Waals surface area (Å²) in [6.45, 7) is 3.74. The van der Waals surface area contributed by atoms with Crippen LogP contribution in [0.15, 0.2) is 77.7 Å². The van der Waals surface area contributed by atoms with Crippen LogP contribution in [-0.4, -0.2) is 28.6 Å². The molecule has 2 amide bonds. The zero-order valence-corrected chi connectivity index (χ0v) is 20.9. The highest BCUT2D eigenvalue weighted by Gasteiger charge is 2.16. The van der Waals surface area contributed by atoms with E-state index in [0.717, 1.165) is 12.0 Å². The number of unbranched alkanes of at least 4 members (excludes halogenated alkanes) is 1. The van der Waals surface area contributed by atoms with Gasteiger partial charge in [-0.15, -0.1) is 0 Å². The first-order chi connectivity index (χ1) is 16.6. The third kappa shape index (κ3) is 8.01. The van der Waals surface area contributed by atoms with Gasteiger partial charge in [0.1, 0.15) is 16.4 Å². The SMILES string of the molecule is CCCCS(=O)(=O)Oc1ccc(NC(=O)Nc2ccc(OS(=O)(=O)c3ccc(C)cc3)cc2)cc1. The first-order valence-corrected chi connectivity index (χ1v) is 13.8. The van der Waals surface area contributed by atoms with Gasteiger partial charge in [-0.05, 0) is 74.0 Å². The molecule has 0 saturated heterocycles. The van der Waals surface area contributed by atoms with Gasteiger partial charge in [-0.25, -0.2) is 4.79 Å². The molecule has 0 bridgehead atoms. The molecule has 0 aliphatic carbocycles. The lowest BCUT2D eigenvalue weighted by Crippen LogP contribution is -2.19. The van der Waals surface area contributed by atoms with Crippen molar-refractivity contribution in [3.05, 3.63) is 78.4 Å². The summed E-state index contributed by atoms with van der Waals surface area (Å²) in [4.78, 5) is 12.3. The molecule has 0 unspecified atom stereocenters. The lowest BCUT2D eigenvalue weighted by Gasteiger charge is -2.10. The summed E-state index contributed by atoms with van der Waals surface area (Å²) in [5.41, 5.74) is 1.76. The van der Waals surface area contributed by atoms with Crippen molar-refractivity contribution in [3.8, 4) is 11.5 Å². The zero-order chi connectivity index (χ0) is 25.5. The first-order valence-electron chi connectivity index (χ1n) is 10.8. The summed E-state index contributed by atoms with van der Waals surface area (Å²) < 4.78 is 58.7. The van der Waals surface area contributed by atoms with E-state index >= 15 is 0 Å². The Bertz CT molecular complexity index is 1350. The van der Waals surface area contributed by atoms with E-state index in [1.807, 2.05) is 13.8 Å². The van der Waals surface area contributed by atoms with Gasteiger partial charge in [0.2, 0.25) is 0 Å². The molecule has 0 heterocycles. The van der Waals surface area contributed by atoms with Crippen LogP contribution in [0, 0.1) is 6.92 Å². The van der Waals surface area contributed by atoms with E-state index in [1.165, 1.54) is 60.7 Å². The largest absolute Gasteiger partial charge is 0.382 e. The minimum atomic E-state index is -3.97. The Morgan fingerprint density at radius 2 is 1.23 bits per heavy atom. The summed E-state index contributed by atoms with van der Waals surface area (Å²) in [6, 6.07) is 17.5. The molecule has 3 aromatic rings. The number of hydrogen-bond donors (Lipinski definition) is 2. The average Bonchev–Trinajstić information content (AvgIpc) is 2.80. The molecular formula is C24H26N2O7S2. The van der Waals surface area contributed by atoms with Crippen molar-refractivity contribution in [2.24, 2.45) is 0 Å². The molecule has 3 rings (SSSR count). The number of anilines is 2. The smallest absolute Gasteiger partial charge is 0.339 e. The Kier molecular flexibility index (Phi) is 8.36. The van der Waals surface area contributed by atoms with E-state index in [4.69, 9.17) is 8.37 Å². The fraction of sp³-hybridized carbons (Fsp3) is 0.208. The molecule has 3 aromatic carbocycles. The van der Waals surface area contributed by atoms with Crippen LogP contribution in [0.4, 0.5) is 16.2 Å². The van der Waals surface area contributed by atoms with Crippen LogP contribution in [-0.2, 0) is 20.2 Å². The van der Waals surface area contributed by atoms with E-state index < -0.39 is 26.3 Å². The summed E-state index contributed by atoms with van der Waals surface area (Å²) in [6.07, 6.45) is 1.25. The normalized spacial score (nSPS) is 11.5. The molecule has 0 saturated carbocycles. The minimum absolute atomic E-state index is 0.0413. The number of rotatable bonds is 10. The third-order valence-electron chi connectivity index (χ3n) is 4.71. The maximum absolute atomic E-state index is 12.4. The van der Waals surface area contributed by atoms with Crippen molar-refractivity contribution >= 4 is 37.6 Å². The maximum atomic E-state index is 12.4. The second-order valence-electron chi connectivity index (χ2n) is 7.68.